The molecular formula is C22H19ClN2O2S. The average molecular weight is 411 g/mol. The molecule has 2 aromatic carbocycles. The number of hydrogen-bond donors (Lipinski definition) is 0. The Hall–Kier alpha value is -2.63. The zero-order chi connectivity index (χ0) is 19.7. The van der Waals surface area contributed by atoms with Gasteiger partial charge in [0, 0.05) is 33.7 Å². The highest BCUT2D eigenvalue weighted by Crippen LogP contribution is 2.32. The number of fused-ring (bicyclic) bond motifs is 1. The molecule has 0 radical (unpaired) electrons. The number of aryl methyl sites for hydroxylation is 1. The number of ether oxygens (including phenoxy) is 1. The van der Waals surface area contributed by atoms with Crippen molar-refractivity contribution in [2.75, 3.05) is 6.26 Å². The lowest BCUT2D eigenvalue weighted by Gasteiger charge is -2.10. The smallest absolute Gasteiger partial charge is 0.156 e. The molecule has 0 aliphatic carbocycles. The van der Waals surface area contributed by atoms with Crippen LogP contribution < -0.4 is 4.74 Å². The molecule has 4 nitrogen and oxygen atoms in total. The summed E-state index contributed by atoms with van der Waals surface area (Å²) >= 11 is 6.33. The maximum atomic E-state index is 11.7. The molecule has 0 amide bonds. The van der Waals surface area contributed by atoms with E-state index in [0.29, 0.717) is 16.5 Å². The van der Waals surface area contributed by atoms with Crippen LogP contribution in [0.2, 0.25) is 5.02 Å². The van der Waals surface area contributed by atoms with Crippen LogP contribution in [0.4, 0.5) is 0 Å². The monoisotopic (exact) mass is 410 g/mol. The number of benzene rings is 2. The first-order chi connectivity index (χ1) is 13.6. The molecule has 0 saturated heterocycles. The van der Waals surface area contributed by atoms with Gasteiger partial charge in [-0.25, -0.2) is 4.98 Å². The van der Waals surface area contributed by atoms with Gasteiger partial charge in [0.15, 0.2) is 5.65 Å². The molecule has 4 aromatic rings. The van der Waals surface area contributed by atoms with Crippen LogP contribution in [-0.4, -0.2) is 19.8 Å². The Morgan fingerprint density at radius 2 is 1.82 bits per heavy atom. The fourth-order valence-electron chi connectivity index (χ4n) is 3.19. The summed E-state index contributed by atoms with van der Waals surface area (Å²) in [5.74, 6) is 1.36. The summed E-state index contributed by atoms with van der Waals surface area (Å²) in [6, 6.07) is 19.0. The Labute approximate surface area is 171 Å². The van der Waals surface area contributed by atoms with Crippen LogP contribution in [0.1, 0.15) is 12.6 Å². The minimum atomic E-state index is -1.05. The SMILES string of the molecule is CCc1nc2c(Cl)cccn2c1-c1cccc(Oc2cccc(S(C)=O)c2)c1. The van der Waals surface area contributed by atoms with Crippen molar-refractivity contribution < 1.29 is 8.95 Å². The van der Waals surface area contributed by atoms with Gasteiger partial charge in [0.05, 0.1) is 16.4 Å². The molecule has 0 fully saturated rings. The van der Waals surface area contributed by atoms with Gasteiger partial charge >= 0.3 is 0 Å². The van der Waals surface area contributed by atoms with Gasteiger partial charge in [0.25, 0.3) is 0 Å². The third kappa shape index (κ3) is 3.55. The van der Waals surface area contributed by atoms with E-state index < -0.39 is 10.8 Å². The first-order valence-corrected chi connectivity index (χ1v) is 10.9. The Balaban J connectivity index is 1.76. The summed E-state index contributed by atoms with van der Waals surface area (Å²) < 4.78 is 19.8. The minimum Gasteiger partial charge on any atom is -0.457 e. The summed E-state index contributed by atoms with van der Waals surface area (Å²) in [5.41, 5.74) is 3.74. The molecule has 0 N–H and O–H groups in total. The van der Waals surface area contributed by atoms with E-state index in [2.05, 4.69) is 6.92 Å². The molecule has 0 bridgehead atoms. The fourth-order valence-corrected chi connectivity index (χ4v) is 3.95. The second-order valence-electron chi connectivity index (χ2n) is 6.37. The van der Waals surface area contributed by atoms with Crippen molar-refractivity contribution in [2.24, 2.45) is 0 Å². The van der Waals surface area contributed by atoms with Crippen LogP contribution in [0.5, 0.6) is 11.5 Å². The van der Waals surface area contributed by atoms with Crippen LogP contribution >= 0.6 is 11.6 Å². The summed E-state index contributed by atoms with van der Waals surface area (Å²) in [4.78, 5) is 5.44. The lowest BCUT2D eigenvalue weighted by molar-refractivity contribution is 0.481. The predicted molar refractivity (Wildman–Crippen MR) is 114 cm³/mol. The standard InChI is InChI=1S/C22H19ClN2O2S/c1-3-20-21(25-12-6-11-19(23)22(25)24-20)15-7-4-8-16(13-15)27-17-9-5-10-18(14-17)28(2)26/h4-14H,3H2,1-2H3. The van der Waals surface area contributed by atoms with Crippen molar-refractivity contribution in [1.82, 2.24) is 9.38 Å². The van der Waals surface area contributed by atoms with E-state index in [1.165, 1.54) is 0 Å². The van der Waals surface area contributed by atoms with Crippen molar-refractivity contribution in [1.29, 1.82) is 0 Å². The number of pyridine rings is 1. The van der Waals surface area contributed by atoms with Crippen molar-refractivity contribution in [2.45, 2.75) is 18.2 Å². The molecule has 1 atom stereocenters. The lowest BCUT2D eigenvalue weighted by atomic mass is 10.1. The largest absolute Gasteiger partial charge is 0.457 e. The van der Waals surface area contributed by atoms with Gasteiger partial charge in [0.1, 0.15) is 11.5 Å². The molecular weight excluding hydrogens is 392 g/mol. The third-order valence-corrected chi connectivity index (χ3v) is 5.70. The van der Waals surface area contributed by atoms with Crippen LogP contribution in [0.3, 0.4) is 0 Å². The molecule has 142 valence electrons. The summed E-state index contributed by atoms with van der Waals surface area (Å²) in [6.45, 7) is 2.08. The molecule has 0 aliphatic heterocycles. The summed E-state index contributed by atoms with van der Waals surface area (Å²) in [7, 11) is -1.05. The van der Waals surface area contributed by atoms with E-state index in [4.69, 9.17) is 21.3 Å². The maximum Gasteiger partial charge on any atom is 0.156 e. The first-order valence-electron chi connectivity index (χ1n) is 8.94. The van der Waals surface area contributed by atoms with Crippen molar-refractivity contribution >= 4 is 28.0 Å². The Kier molecular flexibility index (Phi) is 5.20. The van der Waals surface area contributed by atoms with Crippen LogP contribution in [0.25, 0.3) is 16.9 Å². The maximum absolute atomic E-state index is 11.7. The molecule has 0 spiro atoms. The highest BCUT2D eigenvalue weighted by molar-refractivity contribution is 7.84. The van der Waals surface area contributed by atoms with Crippen LogP contribution in [0.15, 0.2) is 71.8 Å². The summed E-state index contributed by atoms with van der Waals surface area (Å²) in [5, 5.41) is 0.625. The van der Waals surface area contributed by atoms with Gasteiger partial charge in [-0.2, -0.15) is 0 Å². The Morgan fingerprint density at radius 3 is 2.57 bits per heavy atom. The van der Waals surface area contributed by atoms with E-state index in [-0.39, 0.29) is 0 Å². The predicted octanol–water partition coefficient (Wildman–Crippen LogP) is 5.75. The molecule has 0 saturated carbocycles. The molecule has 2 aromatic heterocycles. The normalized spacial score (nSPS) is 12.2. The van der Waals surface area contributed by atoms with Crippen LogP contribution in [0, 0.1) is 0 Å². The van der Waals surface area contributed by atoms with Gasteiger partial charge in [0.2, 0.25) is 0 Å². The van der Waals surface area contributed by atoms with Crippen LogP contribution in [-0.2, 0) is 17.2 Å². The quantitative estimate of drug-likeness (QED) is 0.421. The second-order valence-corrected chi connectivity index (χ2v) is 8.16. The van der Waals surface area contributed by atoms with E-state index in [9.17, 15) is 4.21 Å². The van der Waals surface area contributed by atoms with E-state index in [0.717, 1.165) is 33.9 Å². The molecule has 4 rings (SSSR count). The van der Waals surface area contributed by atoms with E-state index in [1.807, 2.05) is 65.2 Å². The van der Waals surface area contributed by atoms with Crippen molar-refractivity contribution in [3.8, 4) is 22.8 Å². The molecule has 2 heterocycles. The van der Waals surface area contributed by atoms with Gasteiger partial charge in [-0.3, -0.25) is 8.61 Å². The zero-order valence-corrected chi connectivity index (χ0v) is 17.1. The van der Waals surface area contributed by atoms with Gasteiger partial charge < -0.3 is 4.74 Å². The van der Waals surface area contributed by atoms with Gasteiger partial charge in [-0.05, 0) is 48.9 Å². The van der Waals surface area contributed by atoms with Gasteiger partial charge in [-0.1, -0.05) is 36.7 Å². The highest BCUT2D eigenvalue weighted by atomic mass is 35.5. The number of imidazole rings is 1. The Bertz CT molecular complexity index is 1190. The van der Waals surface area contributed by atoms with E-state index in [1.54, 1.807) is 12.3 Å². The first kappa shape index (κ1) is 18.7. The number of aromatic nitrogens is 2. The summed E-state index contributed by atoms with van der Waals surface area (Å²) in [6.07, 6.45) is 4.42. The van der Waals surface area contributed by atoms with Gasteiger partial charge in [-0.15, -0.1) is 0 Å². The average Bonchev–Trinajstić information content (AvgIpc) is 3.08. The lowest BCUT2D eigenvalue weighted by Crippen LogP contribution is -1.93. The Morgan fingerprint density at radius 1 is 1.07 bits per heavy atom. The highest BCUT2D eigenvalue weighted by Gasteiger charge is 2.15. The third-order valence-electron chi connectivity index (χ3n) is 4.49. The number of rotatable bonds is 5. The number of hydrogen-bond acceptors (Lipinski definition) is 3. The second kappa shape index (κ2) is 7.78. The molecule has 0 aliphatic rings. The topological polar surface area (TPSA) is 43.6 Å². The number of nitrogens with zero attached hydrogens (tertiary/aromatic N) is 2. The fraction of sp³-hybridized carbons (Fsp3) is 0.136. The minimum absolute atomic E-state index is 0.625. The van der Waals surface area contributed by atoms with Crippen molar-refractivity contribution in [3.63, 3.8) is 0 Å². The van der Waals surface area contributed by atoms with E-state index >= 15 is 0 Å². The molecule has 28 heavy (non-hydrogen) atoms. The molecule has 1 unspecified atom stereocenters. The zero-order valence-electron chi connectivity index (χ0n) is 15.6. The molecule has 6 heteroatoms. The van der Waals surface area contributed by atoms with Crippen molar-refractivity contribution in [3.05, 3.63) is 77.6 Å². The number of halogens is 1.